The van der Waals surface area contributed by atoms with E-state index < -0.39 is 11.2 Å². The number of nitriles is 1. The minimum Gasteiger partial charge on any atom is -0.356 e. The molecule has 0 bridgehead atoms. The molecule has 1 aromatic heterocycles. The summed E-state index contributed by atoms with van der Waals surface area (Å²) in [5.74, 6) is 0.228. The van der Waals surface area contributed by atoms with Crippen LogP contribution in [0.15, 0.2) is 39.9 Å². The van der Waals surface area contributed by atoms with E-state index in [4.69, 9.17) is 0 Å². The molecule has 8 heteroatoms. The summed E-state index contributed by atoms with van der Waals surface area (Å²) in [5.41, 5.74) is -0.476. The number of anilines is 1. The van der Waals surface area contributed by atoms with Gasteiger partial charge in [0.1, 0.15) is 11.9 Å². The molecule has 1 aliphatic heterocycles. The summed E-state index contributed by atoms with van der Waals surface area (Å²) in [5, 5.41) is 12.4. The molecule has 0 radical (unpaired) electrons. The summed E-state index contributed by atoms with van der Waals surface area (Å²) in [6.07, 6.45) is 1.32. The van der Waals surface area contributed by atoms with E-state index in [0.717, 1.165) is 4.57 Å². The largest absolute Gasteiger partial charge is 0.356 e. The first-order valence-corrected chi connectivity index (χ1v) is 8.75. The van der Waals surface area contributed by atoms with Gasteiger partial charge in [0, 0.05) is 38.8 Å². The van der Waals surface area contributed by atoms with E-state index in [1.54, 1.807) is 19.2 Å². The lowest BCUT2D eigenvalue weighted by molar-refractivity contribution is 0.0931. The van der Waals surface area contributed by atoms with Crippen molar-refractivity contribution in [2.24, 2.45) is 14.1 Å². The van der Waals surface area contributed by atoms with E-state index in [0.29, 0.717) is 37.3 Å². The van der Waals surface area contributed by atoms with Crippen LogP contribution >= 0.6 is 0 Å². The lowest BCUT2D eigenvalue weighted by atomic mass is 10.0. The molecule has 2 heterocycles. The van der Waals surface area contributed by atoms with Gasteiger partial charge in [-0.05, 0) is 25.0 Å². The average molecular weight is 367 g/mol. The molecule has 1 fully saturated rings. The van der Waals surface area contributed by atoms with Crippen molar-refractivity contribution in [3.05, 3.63) is 62.3 Å². The second-order valence-electron chi connectivity index (χ2n) is 6.62. The number of nitrogens with zero attached hydrogens (tertiary/aromatic N) is 4. The quantitative estimate of drug-likeness (QED) is 0.844. The van der Waals surface area contributed by atoms with Crippen LogP contribution in [0.3, 0.4) is 0 Å². The van der Waals surface area contributed by atoms with Gasteiger partial charge in [-0.2, -0.15) is 5.26 Å². The monoisotopic (exact) mass is 367 g/mol. The van der Waals surface area contributed by atoms with E-state index in [1.165, 1.54) is 11.6 Å². The third-order valence-electron chi connectivity index (χ3n) is 4.91. The Bertz CT molecular complexity index is 1010. The van der Waals surface area contributed by atoms with Crippen molar-refractivity contribution in [2.75, 3.05) is 18.0 Å². The summed E-state index contributed by atoms with van der Waals surface area (Å²) < 4.78 is 2.28. The van der Waals surface area contributed by atoms with E-state index in [-0.39, 0.29) is 17.5 Å². The van der Waals surface area contributed by atoms with Gasteiger partial charge < -0.3 is 10.2 Å². The van der Waals surface area contributed by atoms with Crippen molar-refractivity contribution < 1.29 is 4.79 Å². The van der Waals surface area contributed by atoms with Crippen LogP contribution in [0.4, 0.5) is 5.82 Å². The summed E-state index contributed by atoms with van der Waals surface area (Å²) in [7, 11) is 2.92. The van der Waals surface area contributed by atoms with Gasteiger partial charge in [-0.1, -0.05) is 18.2 Å². The molecule has 0 atom stereocenters. The molecule has 0 saturated carbocycles. The van der Waals surface area contributed by atoms with Crippen LogP contribution in [0.2, 0.25) is 0 Å². The number of carbonyl (C=O) groups excluding carboxylic acids is 1. The summed E-state index contributed by atoms with van der Waals surface area (Å²) in [6, 6.07) is 11.0. The van der Waals surface area contributed by atoms with Crippen molar-refractivity contribution >= 4 is 11.7 Å². The highest BCUT2D eigenvalue weighted by Crippen LogP contribution is 2.20. The SMILES string of the molecule is Cn1c(N2CCC(NC(=O)c3ccccc3)CC2)c(C#N)c(=O)n(C)c1=O. The fourth-order valence-corrected chi connectivity index (χ4v) is 3.40. The maximum Gasteiger partial charge on any atom is 0.332 e. The molecule has 2 aromatic rings. The van der Waals surface area contributed by atoms with Crippen molar-refractivity contribution in [1.82, 2.24) is 14.5 Å². The number of piperidine rings is 1. The number of nitrogens with one attached hydrogen (secondary N) is 1. The Balaban J connectivity index is 1.75. The minimum atomic E-state index is -0.588. The third-order valence-corrected chi connectivity index (χ3v) is 4.91. The predicted molar refractivity (Wildman–Crippen MR) is 101 cm³/mol. The van der Waals surface area contributed by atoms with Gasteiger partial charge in [-0.25, -0.2) is 4.79 Å². The zero-order valence-electron chi connectivity index (χ0n) is 15.3. The summed E-state index contributed by atoms with van der Waals surface area (Å²) in [4.78, 5) is 38.6. The minimum absolute atomic E-state index is 0.00284. The number of carbonyl (C=O) groups is 1. The Morgan fingerprint density at radius 1 is 1.11 bits per heavy atom. The van der Waals surface area contributed by atoms with Gasteiger partial charge in [0.15, 0.2) is 5.56 Å². The van der Waals surface area contributed by atoms with Crippen molar-refractivity contribution in [2.45, 2.75) is 18.9 Å². The number of hydrogen-bond donors (Lipinski definition) is 1. The number of benzene rings is 1. The highest BCUT2D eigenvalue weighted by atomic mass is 16.2. The topological polar surface area (TPSA) is 100 Å². The summed E-state index contributed by atoms with van der Waals surface area (Å²) >= 11 is 0. The van der Waals surface area contributed by atoms with Crippen LogP contribution in [-0.4, -0.2) is 34.2 Å². The van der Waals surface area contributed by atoms with Crippen LogP contribution in [0, 0.1) is 11.3 Å². The molecule has 27 heavy (non-hydrogen) atoms. The second kappa shape index (κ2) is 7.50. The molecule has 1 N–H and O–H groups in total. The van der Waals surface area contributed by atoms with Crippen molar-refractivity contribution in [3.8, 4) is 6.07 Å². The average Bonchev–Trinajstić information content (AvgIpc) is 2.70. The Morgan fingerprint density at radius 2 is 1.74 bits per heavy atom. The Hall–Kier alpha value is -3.34. The molecule has 1 aromatic carbocycles. The van der Waals surface area contributed by atoms with Gasteiger partial charge in [-0.3, -0.25) is 18.7 Å². The molecule has 0 unspecified atom stereocenters. The first-order valence-electron chi connectivity index (χ1n) is 8.75. The smallest absolute Gasteiger partial charge is 0.332 e. The van der Waals surface area contributed by atoms with Gasteiger partial charge in [0.25, 0.3) is 11.5 Å². The Kier molecular flexibility index (Phi) is 5.12. The number of hydrogen-bond acceptors (Lipinski definition) is 5. The molecule has 0 spiro atoms. The molecular formula is C19H21N5O3. The molecular weight excluding hydrogens is 346 g/mol. The maximum absolute atomic E-state index is 12.3. The molecule has 8 nitrogen and oxygen atoms in total. The molecule has 3 rings (SSSR count). The number of amides is 1. The lowest BCUT2D eigenvalue weighted by Gasteiger charge is -2.35. The van der Waals surface area contributed by atoms with Crippen LogP contribution in [0.1, 0.15) is 28.8 Å². The van der Waals surface area contributed by atoms with Crippen LogP contribution < -0.4 is 21.5 Å². The van der Waals surface area contributed by atoms with Crippen LogP contribution in [0.5, 0.6) is 0 Å². The van der Waals surface area contributed by atoms with E-state index in [9.17, 15) is 19.6 Å². The van der Waals surface area contributed by atoms with Gasteiger partial charge in [0.05, 0.1) is 0 Å². The van der Waals surface area contributed by atoms with Crippen molar-refractivity contribution in [3.63, 3.8) is 0 Å². The Morgan fingerprint density at radius 3 is 2.33 bits per heavy atom. The first-order chi connectivity index (χ1) is 12.9. The molecule has 1 amide bonds. The maximum atomic E-state index is 12.3. The van der Waals surface area contributed by atoms with Gasteiger partial charge >= 0.3 is 5.69 Å². The van der Waals surface area contributed by atoms with E-state index in [2.05, 4.69) is 5.32 Å². The van der Waals surface area contributed by atoms with Gasteiger partial charge in [-0.15, -0.1) is 0 Å². The highest BCUT2D eigenvalue weighted by molar-refractivity contribution is 5.94. The Labute approximate surface area is 156 Å². The van der Waals surface area contributed by atoms with Crippen molar-refractivity contribution in [1.29, 1.82) is 5.26 Å². The zero-order valence-corrected chi connectivity index (χ0v) is 15.3. The van der Waals surface area contributed by atoms with Gasteiger partial charge in [0.2, 0.25) is 0 Å². The van der Waals surface area contributed by atoms with E-state index >= 15 is 0 Å². The van der Waals surface area contributed by atoms with Crippen LogP contribution in [0.25, 0.3) is 0 Å². The van der Waals surface area contributed by atoms with E-state index in [1.807, 2.05) is 29.2 Å². The van der Waals surface area contributed by atoms with Crippen LogP contribution in [-0.2, 0) is 14.1 Å². The third kappa shape index (κ3) is 3.49. The second-order valence-corrected chi connectivity index (χ2v) is 6.62. The fourth-order valence-electron chi connectivity index (χ4n) is 3.40. The lowest BCUT2D eigenvalue weighted by Crippen LogP contribution is -2.48. The number of rotatable bonds is 3. The number of aromatic nitrogens is 2. The normalized spacial score (nSPS) is 14.6. The summed E-state index contributed by atoms with van der Waals surface area (Å²) in [6.45, 7) is 1.07. The standard InChI is InChI=1S/C19H21N5O3/c1-22-17(15(12-20)18(26)23(2)19(22)27)24-10-8-14(9-11-24)21-16(25)13-6-4-3-5-7-13/h3-7,14H,8-11H2,1-2H3,(H,21,25). The zero-order chi connectivity index (χ0) is 19.6. The molecule has 140 valence electrons. The fraction of sp³-hybridized carbons (Fsp3) is 0.368. The molecule has 0 aliphatic carbocycles. The highest BCUT2D eigenvalue weighted by Gasteiger charge is 2.26. The molecule has 1 saturated heterocycles. The molecule has 1 aliphatic rings. The predicted octanol–water partition coefficient (Wildman–Crippen LogP) is 0.354. The first kappa shape index (κ1) is 18.5.